The molecule has 2 aromatic heterocycles. The van der Waals surface area contributed by atoms with E-state index in [1.54, 1.807) is 0 Å². The summed E-state index contributed by atoms with van der Waals surface area (Å²) in [7, 11) is 0. The molecule has 8 rings (SSSR count). The predicted molar refractivity (Wildman–Crippen MR) is 198 cm³/mol. The molecule has 0 saturated heterocycles. The molecule has 0 amide bonds. The van der Waals surface area contributed by atoms with Gasteiger partial charge >= 0.3 is 0 Å². The minimum Gasteiger partial charge on any atom is -0.237 e. The van der Waals surface area contributed by atoms with Crippen LogP contribution in [0.25, 0.3) is 78.1 Å². The molecule has 0 N–H and O–H groups in total. The van der Waals surface area contributed by atoms with E-state index >= 15 is 0 Å². The third-order valence-corrected chi connectivity index (χ3v) is 8.55. The molecule has 0 fully saturated rings. The molecule has 54 heavy (non-hydrogen) atoms. The quantitative estimate of drug-likeness (QED) is 0.101. The van der Waals surface area contributed by atoms with Gasteiger partial charge in [-0.25, -0.2) is 34.7 Å². The van der Waals surface area contributed by atoms with E-state index in [-0.39, 0.29) is 55.2 Å². The first-order chi connectivity index (χ1) is 26.6. The van der Waals surface area contributed by atoms with Crippen molar-refractivity contribution >= 4 is 5.69 Å². The van der Waals surface area contributed by atoms with Gasteiger partial charge in [0.25, 0.3) is 0 Å². The molecule has 0 atom stereocenters. The van der Waals surface area contributed by atoms with Gasteiger partial charge in [-0.2, -0.15) is 22.1 Å². The van der Waals surface area contributed by atoms with Crippen molar-refractivity contribution in [3.8, 4) is 80.6 Å². The second-order valence-electron chi connectivity index (χ2n) is 11.6. The summed E-state index contributed by atoms with van der Waals surface area (Å²) in [5.74, 6) is 1.38. The van der Waals surface area contributed by atoms with E-state index in [0.29, 0.717) is 45.6 Å². The summed E-state index contributed by atoms with van der Waals surface area (Å²) in [4.78, 5) is 40.0. The largest absolute Gasteiger partial charge is 0.237 e. The molecule has 2 aliphatic rings. The van der Waals surface area contributed by atoms with E-state index < -0.39 is 0 Å². The molecule has 6 aromatic rings. The monoisotopic (exact) mass is 692 g/mol. The van der Waals surface area contributed by atoms with Crippen molar-refractivity contribution in [1.82, 2.24) is 29.9 Å². The minimum atomic E-state index is -0.0472. The highest BCUT2D eigenvalue weighted by molar-refractivity contribution is 5.82. The fourth-order valence-corrected chi connectivity index (χ4v) is 6.25. The van der Waals surface area contributed by atoms with Crippen LogP contribution in [0.4, 0.5) is 5.69 Å². The van der Waals surface area contributed by atoms with Crippen LogP contribution in [0.5, 0.6) is 0 Å². The van der Waals surface area contributed by atoms with E-state index in [1.807, 2.05) is 128 Å². The Morgan fingerprint density at radius 1 is 0.481 bits per heavy atom. The topological polar surface area (TPSA) is 158 Å². The normalized spacial score (nSPS) is 11.5. The van der Waals surface area contributed by atoms with E-state index in [9.17, 15) is 10.5 Å². The summed E-state index contributed by atoms with van der Waals surface area (Å²) in [5, 5.41) is 25.3. The van der Waals surface area contributed by atoms with Gasteiger partial charge in [0, 0.05) is 32.7 Å². The Morgan fingerprint density at radius 2 is 0.870 bits per heavy atom. The Balaban J connectivity index is 1.48. The maximum Gasteiger partial charge on any atom is 0.210 e. The molecule has 12 heteroatoms. The van der Waals surface area contributed by atoms with E-state index in [4.69, 9.17) is 43.0 Å². The molecular formula is C42H20N12. The number of benzene rings is 4. The average molecular weight is 693 g/mol. The van der Waals surface area contributed by atoms with Gasteiger partial charge in [0.05, 0.1) is 33.7 Å². The molecule has 0 unspecified atom stereocenters. The number of hydrogen-bond acceptors (Lipinski definition) is 10. The lowest BCUT2D eigenvalue weighted by atomic mass is 10.1. The fraction of sp³-hybridized carbons (Fsp3) is 0. The summed E-state index contributed by atoms with van der Waals surface area (Å²) in [6, 6.07) is 39.3. The zero-order valence-corrected chi connectivity index (χ0v) is 27.9. The highest BCUT2D eigenvalue weighted by Gasteiger charge is 2.30. The lowest BCUT2D eigenvalue weighted by Gasteiger charge is -2.09. The van der Waals surface area contributed by atoms with Gasteiger partial charge in [-0.05, 0) is 0 Å². The van der Waals surface area contributed by atoms with E-state index in [0.717, 1.165) is 0 Å². The Morgan fingerprint density at radius 3 is 1.22 bits per heavy atom. The second-order valence-corrected chi connectivity index (χ2v) is 11.6. The van der Waals surface area contributed by atoms with Crippen LogP contribution in [0, 0.1) is 46.4 Å². The third kappa shape index (κ3) is 5.67. The Hall–Kier alpha value is -8.58. The average Bonchev–Trinajstić information content (AvgIpc) is 3.73. The first-order valence-corrected chi connectivity index (χ1v) is 16.3. The Kier molecular flexibility index (Phi) is 8.44. The van der Waals surface area contributed by atoms with Crippen LogP contribution in [0.15, 0.2) is 131 Å². The molecule has 0 bridgehead atoms. The van der Waals surface area contributed by atoms with Crippen LogP contribution in [0.3, 0.4) is 0 Å². The molecule has 0 spiro atoms. The van der Waals surface area contributed by atoms with Gasteiger partial charge in [0.2, 0.25) is 11.9 Å². The van der Waals surface area contributed by atoms with Crippen molar-refractivity contribution in [3.05, 3.63) is 171 Å². The predicted octanol–water partition coefficient (Wildman–Crippen LogP) is 7.20. The van der Waals surface area contributed by atoms with Crippen molar-refractivity contribution in [1.29, 1.82) is 10.5 Å². The number of hydrogen-bond donors (Lipinski definition) is 0. The van der Waals surface area contributed by atoms with Crippen LogP contribution < -0.4 is 10.7 Å². The van der Waals surface area contributed by atoms with Crippen LogP contribution in [0.1, 0.15) is 5.56 Å². The van der Waals surface area contributed by atoms with Crippen LogP contribution in [-0.4, -0.2) is 29.9 Å². The highest BCUT2D eigenvalue weighted by atomic mass is 15.2. The highest BCUT2D eigenvalue weighted by Crippen LogP contribution is 2.34. The molecule has 2 heterocycles. The standard InChI is InChI=1S/C42H20N12/c1-45-34-32-30(36(54-46-2)33(34)42-52-39(27-19-11-5-12-20-27)49-40(53-42)28-21-13-6-14-22-28)29(23-43)31(35(32)47-24-44)41-50-37(25-15-7-3-8-16-25)48-38(51-41)26-17-9-4-10-18-26/h3-22H/b47-35?,54-36-. The second kappa shape index (κ2) is 14.0. The molecular weight excluding hydrogens is 673 g/mol. The van der Waals surface area contributed by atoms with Crippen molar-refractivity contribution in [2.24, 2.45) is 10.1 Å². The van der Waals surface area contributed by atoms with Crippen molar-refractivity contribution in [2.45, 2.75) is 0 Å². The van der Waals surface area contributed by atoms with E-state index in [1.165, 1.54) is 0 Å². The number of nitriles is 2. The van der Waals surface area contributed by atoms with Crippen LogP contribution >= 0.6 is 0 Å². The van der Waals surface area contributed by atoms with Crippen molar-refractivity contribution in [2.75, 3.05) is 0 Å². The molecule has 4 aromatic carbocycles. The molecule has 0 radical (unpaired) electrons. The SMILES string of the molecule is [C-]#[N+]/N=c1\c(-c2nc(-c3ccccc3)nc(-c3ccccc3)n2)c([N+]#[C-])c2c(=NC#N)c(-c3nc(-c4ccccc4)nc(-c4ccccc4)n3)c(C#N)c1=2. The molecule has 12 nitrogen and oxygen atoms in total. The summed E-state index contributed by atoms with van der Waals surface area (Å²) in [5.41, 5.74) is 2.89. The Labute approximate surface area is 307 Å². The van der Waals surface area contributed by atoms with Gasteiger partial charge in [0.1, 0.15) is 6.07 Å². The Bertz CT molecular complexity index is 2750. The summed E-state index contributed by atoms with van der Waals surface area (Å²) >= 11 is 0. The van der Waals surface area contributed by atoms with Gasteiger partial charge in [0.15, 0.2) is 40.3 Å². The number of nitrogens with zero attached hydrogens (tertiary/aromatic N) is 12. The smallest absolute Gasteiger partial charge is 0.210 e. The van der Waals surface area contributed by atoms with Crippen LogP contribution in [0.2, 0.25) is 0 Å². The number of aromatic nitrogens is 6. The maximum atomic E-state index is 10.9. The lowest BCUT2D eigenvalue weighted by Crippen LogP contribution is -2.11. The summed E-state index contributed by atoms with van der Waals surface area (Å²) in [6.45, 7) is 16.3. The lowest BCUT2D eigenvalue weighted by molar-refractivity contribution is 1.07. The van der Waals surface area contributed by atoms with Gasteiger partial charge < -0.3 is 0 Å². The zero-order chi connectivity index (χ0) is 37.0. The van der Waals surface area contributed by atoms with Crippen molar-refractivity contribution in [3.63, 3.8) is 0 Å². The number of rotatable bonds is 6. The first-order valence-electron chi connectivity index (χ1n) is 16.3. The van der Waals surface area contributed by atoms with Gasteiger partial charge in [-0.15, -0.1) is 4.95 Å². The van der Waals surface area contributed by atoms with Crippen molar-refractivity contribution < 1.29 is 0 Å². The molecule has 248 valence electrons. The summed E-state index contributed by atoms with van der Waals surface area (Å²) < 4.78 is 0. The van der Waals surface area contributed by atoms with E-state index in [2.05, 4.69) is 26.0 Å². The molecule has 2 aliphatic carbocycles. The fourth-order valence-electron chi connectivity index (χ4n) is 6.25. The van der Waals surface area contributed by atoms with Crippen LogP contribution in [-0.2, 0) is 0 Å². The van der Waals surface area contributed by atoms with Gasteiger partial charge in [-0.3, -0.25) is 0 Å². The summed E-state index contributed by atoms with van der Waals surface area (Å²) in [6.07, 6.45) is 1.84. The first kappa shape index (κ1) is 32.6. The third-order valence-electron chi connectivity index (χ3n) is 8.55. The minimum absolute atomic E-state index is 0.0203. The van der Waals surface area contributed by atoms with Gasteiger partial charge in [-0.1, -0.05) is 121 Å². The maximum absolute atomic E-state index is 10.9. The molecule has 0 aliphatic heterocycles. The molecule has 0 saturated carbocycles. The zero-order valence-electron chi connectivity index (χ0n) is 27.9.